The number of benzene rings is 2. The number of hydrogen-bond donors (Lipinski definition) is 2. The highest BCUT2D eigenvalue weighted by Crippen LogP contribution is 2.30. The molecule has 4 rings (SSSR count). The van der Waals surface area contributed by atoms with Crippen molar-refractivity contribution in [1.29, 1.82) is 0 Å². The molecule has 7 nitrogen and oxygen atoms in total. The van der Waals surface area contributed by atoms with Gasteiger partial charge in [-0.1, -0.05) is 48.7 Å². The first kappa shape index (κ1) is 22.4. The molecule has 0 atom stereocenters. The van der Waals surface area contributed by atoms with E-state index in [4.69, 9.17) is 12.2 Å². The minimum Gasteiger partial charge on any atom is -0.326 e. The molecule has 32 heavy (non-hydrogen) atoms. The monoisotopic (exact) mass is 470 g/mol. The Morgan fingerprint density at radius 3 is 2.62 bits per heavy atom. The molecule has 1 fully saturated rings. The zero-order valence-electron chi connectivity index (χ0n) is 17.9. The van der Waals surface area contributed by atoms with Crippen molar-refractivity contribution in [3.8, 4) is 11.4 Å². The molecule has 1 aliphatic rings. The molecule has 0 radical (unpaired) electrons. The molecular weight excluding hydrogens is 444 g/mol. The van der Waals surface area contributed by atoms with Gasteiger partial charge >= 0.3 is 0 Å². The van der Waals surface area contributed by atoms with E-state index in [-0.39, 0.29) is 22.5 Å². The highest BCUT2D eigenvalue weighted by atomic mass is 32.2. The van der Waals surface area contributed by atoms with E-state index in [1.807, 2.05) is 31.2 Å². The number of carbonyl (C=O) groups excluding carboxylic acids is 1. The third-order valence-electron chi connectivity index (χ3n) is 5.82. The summed E-state index contributed by atoms with van der Waals surface area (Å²) in [6.45, 7) is 2.36. The van der Waals surface area contributed by atoms with E-state index in [0.29, 0.717) is 35.7 Å². The number of H-pyrrole nitrogens is 1. The molecule has 9 heteroatoms. The summed E-state index contributed by atoms with van der Waals surface area (Å²) in [5, 5.41) is 9.58. The summed E-state index contributed by atoms with van der Waals surface area (Å²) < 4.78 is 27.9. The number of sulfone groups is 1. The van der Waals surface area contributed by atoms with Crippen molar-refractivity contribution in [2.75, 3.05) is 5.32 Å². The number of aromatic amines is 1. The molecular formula is C23H26N4O3S2. The Bertz CT molecular complexity index is 1270. The van der Waals surface area contributed by atoms with Crippen LogP contribution in [0.1, 0.15) is 37.7 Å². The summed E-state index contributed by atoms with van der Waals surface area (Å²) in [5.41, 5.74) is 2.53. The standard InChI is InChI=1S/C23H26N4O3S2/c1-16-9-11-17(12-10-16)22-25-26-23(31)27(22)14-13-21(28)24-18-5-4-8-20(15-18)32(29,30)19-6-2-3-7-19/h4-5,8-12,15,19H,2-3,6-7,13-14H2,1H3,(H,24,28)(H,26,31). The number of carbonyl (C=O) groups is 1. The number of amides is 1. The smallest absolute Gasteiger partial charge is 0.226 e. The third kappa shape index (κ3) is 4.83. The van der Waals surface area contributed by atoms with Crippen LogP contribution in [0.3, 0.4) is 0 Å². The quantitative estimate of drug-likeness (QED) is 0.490. The lowest BCUT2D eigenvalue weighted by molar-refractivity contribution is -0.116. The molecule has 0 unspecified atom stereocenters. The number of aryl methyl sites for hydroxylation is 1. The number of rotatable bonds is 7. The van der Waals surface area contributed by atoms with Crippen LogP contribution in [0.5, 0.6) is 0 Å². The molecule has 1 aromatic heterocycles. The van der Waals surface area contributed by atoms with Gasteiger partial charge in [-0.15, -0.1) is 0 Å². The van der Waals surface area contributed by atoms with Crippen molar-refractivity contribution in [3.63, 3.8) is 0 Å². The summed E-state index contributed by atoms with van der Waals surface area (Å²) in [6, 6.07) is 14.4. The Hall–Kier alpha value is -2.78. The van der Waals surface area contributed by atoms with Crippen molar-refractivity contribution in [1.82, 2.24) is 14.8 Å². The number of anilines is 1. The normalized spacial score (nSPS) is 14.5. The molecule has 3 aromatic rings. The van der Waals surface area contributed by atoms with Crippen LogP contribution in [-0.4, -0.2) is 34.3 Å². The van der Waals surface area contributed by atoms with Gasteiger partial charge in [0, 0.05) is 24.2 Å². The zero-order chi connectivity index (χ0) is 22.7. The van der Waals surface area contributed by atoms with Gasteiger partial charge in [0.05, 0.1) is 10.1 Å². The Kier molecular flexibility index (Phi) is 6.57. The number of nitrogens with one attached hydrogen (secondary N) is 2. The second-order valence-corrected chi connectivity index (χ2v) is 10.8. The van der Waals surface area contributed by atoms with Crippen LogP contribution in [-0.2, 0) is 21.2 Å². The lowest BCUT2D eigenvalue weighted by atomic mass is 10.1. The van der Waals surface area contributed by atoms with Gasteiger partial charge in [-0.25, -0.2) is 8.42 Å². The largest absolute Gasteiger partial charge is 0.326 e. The van der Waals surface area contributed by atoms with Crippen molar-refractivity contribution < 1.29 is 13.2 Å². The first-order valence-electron chi connectivity index (χ1n) is 10.7. The van der Waals surface area contributed by atoms with Crippen LogP contribution in [0, 0.1) is 11.7 Å². The Morgan fingerprint density at radius 1 is 1.19 bits per heavy atom. The van der Waals surface area contributed by atoms with Gasteiger partial charge in [0.25, 0.3) is 0 Å². The van der Waals surface area contributed by atoms with Crippen molar-refractivity contribution in [2.45, 2.75) is 55.7 Å². The first-order chi connectivity index (χ1) is 15.3. The molecule has 1 amide bonds. The van der Waals surface area contributed by atoms with E-state index in [9.17, 15) is 13.2 Å². The van der Waals surface area contributed by atoms with E-state index in [1.165, 1.54) is 0 Å². The summed E-state index contributed by atoms with van der Waals surface area (Å²) in [6.07, 6.45) is 3.47. The minimum atomic E-state index is -3.37. The topological polar surface area (TPSA) is 96.8 Å². The average Bonchev–Trinajstić information content (AvgIpc) is 3.44. The predicted molar refractivity (Wildman–Crippen MR) is 127 cm³/mol. The molecule has 0 bridgehead atoms. The third-order valence-corrected chi connectivity index (χ3v) is 8.39. The molecule has 168 valence electrons. The fourth-order valence-electron chi connectivity index (χ4n) is 4.03. The van der Waals surface area contributed by atoms with Crippen LogP contribution < -0.4 is 5.32 Å². The molecule has 1 aliphatic carbocycles. The van der Waals surface area contributed by atoms with Crippen molar-refractivity contribution in [3.05, 3.63) is 58.9 Å². The lowest BCUT2D eigenvalue weighted by Gasteiger charge is -2.13. The van der Waals surface area contributed by atoms with E-state index in [2.05, 4.69) is 15.5 Å². The second-order valence-electron chi connectivity index (χ2n) is 8.15. The van der Waals surface area contributed by atoms with Crippen LogP contribution >= 0.6 is 12.2 Å². The Balaban J connectivity index is 1.44. The Morgan fingerprint density at radius 2 is 1.91 bits per heavy atom. The molecule has 0 aliphatic heterocycles. The maximum atomic E-state index is 12.8. The molecule has 0 spiro atoms. The maximum absolute atomic E-state index is 12.8. The Labute approximate surface area is 192 Å². The fraction of sp³-hybridized carbons (Fsp3) is 0.348. The SMILES string of the molecule is Cc1ccc(-c2n[nH]c(=S)n2CCC(=O)Nc2cccc(S(=O)(=O)C3CCCC3)c2)cc1. The minimum absolute atomic E-state index is 0.173. The van der Waals surface area contributed by atoms with Crippen molar-refractivity contribution in [2.24, 2.45) is 0 Å². The lowest BCUT2D eigenvalue weighted by Crippen LogP contribution is -2.19. The van der Waals surface area contributed by atoms with Crippen LogP contribution in [0.15, 0.2) is 53.4 Å². The maximum Gasteiger partial charge on any atom is 0.226 e. The molecule has 2 N–H and O–H groups in total. The van der Waals surface area contributed by atoms with Crippen LogP contribution in [0.4, 0.5) is 5.69 Å². The van der Waals surface area contributed by atoms with Gasteiger partial charge in [-0.05, 0) is 50.2 Å². The highest BCUT2D eigenvalue weighted by Gasteiger charge is 2.30. The predicted octanol–water partition coefficient (Wildman–Crippen LogP) is 4.66. The summed E-state index contributed by atoms with van der Waals surface area (Å²) in [4.78, 5) is 12.9. The fourth-order valence-corrected chi connectivity index (χ4v) is 6.15. The van der Waals surface area contributed by atoms with Gasteiger partial charge < -0.3 is 5.32 Å². The summed E-state index contributed by atoms with van der Waals surface area (Å²) in [7, 11) is -3.37. The number of nitrogens with zero attached hydrogens (tertiary/aromatic N) is 2. The van der Waals surface area contributed by atoms with Crippen LogP contribution in [0.25, 0.3) is 11.4 Å². The molecule has 0 saturated heterocycles. The van der Waals surface area contributed by atoms with Gasteiger partial charge in [-0.2, -0.15) is 5.10 Å². The summed E-state index contributed by atoms with van der Waals surface area (Å²) >= 11 is 5.34. The number of hydrogen-bond acceptors (Lipinski definition) is 5. The van der Waals surface area contributed by atoms with Crippen LogP contribution in [0.2, 0.25) is 0 Å². The van der Waals surface area contributed by atoms with Gasteiger partial charge in [0.2, 0.25) is 5.91 Å². The van der Waals surface area contributed by atoms with E-state index in [1.54, 1.807) is 28.8 Å². The summed E-state index contributed by atoms with van der Waals surface area (Å²) in [5.74, 6) is 0.450. The second kappa shape index (κ2) is 9.38. The van der Waals surface area contributed by atoms with Gasteiger partial charge in [-0.3, -0.25) is 14.5 Å². The average molecular weight is 471 g/mol. The van der Waals surface area contributed by atoms with Crippen molar-refractivity contribution >= 4 is 33.6 Å². The number of aromatic nitrogens is 3. The molecule has 1 saturated carbocycles. The van der Waals surface area contributed by atoms with E-state index < -0.39 is 9.84 Å². The zero-order valence-corrected chi connectivity index (χ0v) is 19.5. The molecule has 2 aromatic carbocycles. The van der Waals surface area contributed by atoms with E-state index in [0.717, 1.165) is 24.0 Å². The van der Waals surface area contributed by atoms with Gasteiger partial charge in [0.15, 0.2) is 20.4 Å². The highest BCUT2D eigenvalue weighted by molar-refractivity contribution is 7.92. The molecule has 1 heterocycles. The first-order valence-corrected chi connectivity index (χ1v) is 12.7. The van der Waals surface area contributed by atoms with E-state index >= 15 is 0 Å². The van der Waals surface area contributed by atoms with Gasteiger partial charge in [0.1, 0.15) is 0 Å².